The Balaban J connectivity index is 1.81. The summed E-state index contributed by atoms with van der Waals surface area (Å²) in [6, 6.07) is 10.5. The lowest BCUT2D eigenvalue weighted by Gasteiger charge is -2.18. The maximum Gasteiger partial charge on any atom is 0.260 e. The second kappa shape index (κ2) is 10.4. The Morgan fingerprint density at radius 1 is 1.06 bits per heavy atom. The van der Waals surface area contributed by atoms with Gasteiger partial charge in [0.05, 0.1) is 25.1 Å². The number of anilines is 1. The van der Waals surface area contributed by atoms with Crippen molar-refractivity contribution in [1.82, 2.24) is 5.32 Å². The number of thiocarbonyl (C=S) groups is 1. The Bertz CT molecular complexity index is 1240. The molecule has 1 amide bonds. The zero-order chi connectivity index (χ0) is 23.6. The van der Waals surface area contributed by atoms with Gasteiger partial charge in [-0.15, -0.1) is 0 Å². The van der Waals surface area contributed by atoms with Gasteiger partial charge in [-0.2, -0.15) is 0 Å². The minimum absolute atomic E-state index is 0.00131. The van der Waals surface area contributed by atoms with Crippen LogP contribution in [0.5, 0.6) is 11.5 Å². The number of amides is 1. The molecule has 0 saturated carbocycles. The van der Waals surface area contributed by atoms with E-state index in [1.54, 1.807) is 31.2 Å². The topological polar surface area (TPSA) is 50.4 Å². The average molecular weight is 577 g/mol. The Labute approximate surface area is 213 Å². The van der Waals surface area contributed by atoms with Crippen LogP contribution in [0, 0.1) is 19.7 Å². The molecule has 0 aliphatic heterocycles. The first kappa shape index (κ1) is 24.7. The van der Waals surface area contributed by atoms with Crippen molar-refractivity contribution in [2.45, 2.75) is 13.8 Å². The summed E-state index contributed by atoms with van der Waals surface area (Å²) in [6.07, 6.45) is 0. The molecule has 32 heavy (non-hydrogen) atoms. The van der Waals surface area contributed by atoms with E-state index >= 15 is 0 Å². The van der Waals surface area contributed by atoms with Gasteiger partial charge in [-0.25, -0.2) is 4.39 Å². The summed E-state index contributed by atoms with van der Waals surface area (Å²) in [5.41, 5.74) is 1.87. The van der Waals surface area contributed by atoms with E-state index in [0.29, 0.717) is 42.3 Å². The van der Waals surface area contributed by atoms with Crippen LogP contribution in [0.2, 0.25) is 15.1 Å². The minimum atomic E-state index is -0.661. The van der Waals surface area contributed by atoms with E-state index in [2.05, 4.69) is 26.6 Å². The molecule has 4 nitrogen and oxygen atoms in total. The lowest BCUT2D eigenvalue weighted by Crippen LogP contribution is -2.35. The number of nitrogens with one attached hydrogen (secondary N) is 2. The van der Waals surface area contributed by atoms with Crippen LogP contribution in [0.3, 0.4) is 0 Å². The Morgan fingerprint density at radius 3 is 2.41 bits per heavy atom. The lowest BCUT2D eigenvalue weighted by molar-refractivity contribution is 0.0974. The molecule has 0 aromatic heterocycles. The van der Waals surface area contributed by atoms with Gasteiger partial charge in [0.2, 0.25) is 0 Å². The molecule has 0 bridgehead atoms. The fourth-order valence-corrected chi connectivity index (χ4v) is 4.11. The van der Waals surface area contributed by atoms with Gasteiger partial charge < -0.3 is 10.1 Å². The Morgan fingerprint density at radius 2 is 1.72 bits per heavy atom. The third-order valence-corrected chi connectivity index (χ3v) is 6.46. The number of carbonyl (C=O) groups excluding carboxylic acids is 1. The van der Waals surface area contributed by atoms with Crippen LogP contribution in [0.15, 0.2) is 46.9 Å². The smallest absolute Gasteiger partial charge is 0.260 e. The molecule has 0 aliphatic carbocycles. The molecule has 3 aromatic carbocycles. The molecule has 10 heteroatoms. The van der Waals surface area contributed by atoms with Gasteiger partial charge in [0.1, 0.15) is 17.3 Å². The quantitative estimate of drug-likeness (QED) is 0.244. The minimum Gasteiger partial charge on any atom is -0.455 e. The Hall–Kier alpha value is -1.90. The van der Waals surface area contributed by atoms with Crippen LogP contribution in [-0.4, -0.2) is 11.0 Å². The fraction of sp³-hybridized carbons (Fsp3) is 0.0909. The largest absolute Gasteiger partial charge is 0.455 e. The summed E-state index contributed by atoms with van der Waals surface area (Å²) in [7, 11) is 0. The van der Waals surface area contributed by atoms with Crippen molar-refractivity contribution < 1.29 is 13.9 Å². The van der Waals surface area contributed by atoms with Crippen molar-refractivity contribution in [1.29, 1.82) is 0 Å². The van der Waals surface area contributed by atoms with E-state index in [0.717, 1.165) is 5.56 Å². The second-order valence-electron chi connectivity index (χ2n) is 6.69. The number of hydrogen-bond acceptors (Lipinski definition) is 3. The van der Waals surface area contributed by atoms with Crippen molar-refractivity contribution in [3.05, 3.63) is 84.5 Å². The van der Waals surface area contributed by atoms with Crippen molar-refractivity contribution in [3.63, 3.8) is 0 Å². The molecule has 166 valence electrons. The van der Waals surface area contributed by atoms with Crippen LogP contribution in [0.25, 0.3) is 0 Å². The number of benzene rings is 3. The highest BCUT2D eigenvalue weighted by molar-refractivity contribution is 9.10. The average Bonchev–Trinajstić information content (AvgIpc) is 2.73. The van der Waals surface area contributed by atoms with Gasteiger partial charge in [-0.3, -0.25) is 10.1 Å². The Kier molecular flexibility index (Phi) is 8.01. The van der Waals surface area contributed by atoms with Crippen molar-refractivity contribution in [3.8, 4) is 11.5 Å². The number of ether oxygens (including phenoxy) is 1. The number of rotatable bonds is 4. The first-order chi connectivity index (χ1) is 15.1. The molecule has 0 aliphatic rings. The molecule has 0 heterocycles. The highest BCUT2D eigenvalue weighted by atomic mass is 79.9. The number of carbonyl (C=O) groups is 1. The summed E-state index contributed by atoms with van der Waals surface area (Å²) in [5, 5.41) is 6.47. The van der Waals surface area contributed by atoms with E-state index in [1.807, 2.05) is 6.92 Å². The molecule has 2 N–H and O–H groups in total. The van der Waals surface area contributed by atoms with Gasteiger partial charge in [0.25, 0.3) is 5.91 Å². The van der Waals surface area contributed by atoms with Crippen LogP contribution in [-0.2, 0) is 0 Å². The molecule has 0 atom stereocenters. The maximum absolute atomic E-state index is 13.8. The summed E-state index contributed by atoms with van der Waals surface area (Å²) in [5.74, 6) is -0.467. The van der Waals surface area contributed by atoms with E-state index < -0.39 is 11.7 Å². The summed E-state index contributed by atoms with van der Waals surface area (Å²) in [6.45, 7) is 3.60. The number of hydrogen-bond donors (Lipinski definition) is 2. The molecule has 0 radical (unpaired) electrons. The van der Waals surface area contributed by atoms with Gasteiger partial charge in [0.15, 0.2) is 5.11 Å². The van der Waals surface area contributed by atoms with Crippen LogP contribution in [0.4, 0.5) is 10.1 Å². The first-order valence-electron chi connectivity index (χ1n) is 9.07. The summed E-state index contributed by atoms with van der Waals surface area (Å²) < 4.78 is 20.4. The molecule has 0 saturated heterocycles. The highest BCUT2D eigenvalue weighted by Crippen LogP contribution is 2.41. The molecular weight excluding hydrogens is 562 g/mol. The second-order valence-corrected chi connectivity index (χ2v) is 9.15. The molecule has 3 aromatic rings. The monoisotopic (exact) mass is 574 g/mol. The third-order valence-electron chi connectivity index (χ3n) is 4.44. The van der Waals surface area contributed by atoms with E-state index in [-0.39, 0.29) is 10.7 Å². The lowest BCUT2D eigenvalue weighted by atomic mass is 10.1. The van der Waals surface area contributed by atoms with Crippen LogP contribution in [0.1, 0.15) is 21.5 Å². The summed E-state index contributed by atoms with van der Waals surface area (Å²) >= 11 is 27.2. The predicted molar refractivity (Wildman–Crippen MR) is 135 cm³/mol. The SMILES string of the molecule is Cc1cc(Oc2cc(Cl)c(Cl)cc2Br)c(Cl)c(C)c1NC(=S)NC(=O)c1ccccc1F. The molecular formula is C22H15BrCl3FN2O2S. The zero-order valence-electron chi connectivity index (χ0n) is 16.7. The predicted octanol–water partition coefficient (Wildman–Crippen LogP) is 8.08. The van der Waals surface area contributed by atoms with Gasteiger partial charge in [-0.1, -0.05) is 46.9 Å². The number of aryl methyl sites for hydroxylation is 1. The molecule has 3 rings (SSSR count). The zero-order valence-corrected chi connectivity index (χ0v) is 21.3. The normalized spacial score (nSPS) is 10.6. The van der Waals surface area contributed by atoms with Crippen molar-refractivity contribution >= 4 is 79.7 Å². The van der Waals surface area contributed by atoms with Crippen LogP contribution >= 0.6 is 63.0 Å². The van der Waals surface area contributed by atoms with Crippen molar-refractivity contribution in [2.75, 3.05) is 5.32 Å². The van der Waals surface area contributed by atoms with Gasteiger partial charge in [0, 0.05) is 11.8 Å². The van der Waals surface area contributed by atoms with E-state index in [9.17, 15) is 9.18 Å². The molecule has 0 fully saturated rings. The van der Waals surface area contributed by atoms with Crippen molar-refractivity contribution in [2.24, 2.45) is 0 Å². The summed E-state index contributed by atoms with van der Waals surface area (Å²) in [4.78, 5) is 12.3. The number of halogens is 5. The molecule has 0 unspecified atom stereocenters. The van der Waals surface area contributed by atoms with E-state index in [1.165, 1.54) is 18.2 Å². The molecule has 0 spiro atoms. The standard InChI is InChI=1S/C22H15BrCl3FN2O2S/c1-10-7-18(31-17-9-15(25)14(24)8-13(17)23)19(26)11(2)20(10)28-22(32)29-21(30)12-5-3-4-6-16(12)27/h3-9H,1-2H3,(H2,28,29,30,32). The van der Waals surface area contributed by atoms with Crippen LogP contribution < -0.4 is 15.4 Å². The highest BCUT2D eigenvalue weighted by Gasteiger charge is 2.18. The van der Waals surface area contributed by atoms with Gasteiger partial charge in [-0.05, 0) is 77.4 Å². The third kappa shape index (κ3) is 5.53. The first-order valence-corrected chi connectivity index (χ1v) is 11.4. The maximum atomic E-state index is 13.8. The van der Waals surface area contributed by atoms with E-state index in [4.69, 9.17) is 51.8 Å². The fourth-order valence-electron chi connectivity index (χ4n) is 2.85. The van der Waals surface area contributed by atoms with Gasteiger partial charge >= 0.3 is 0 Å².